The summed E-state index contributed by atoms with van der Waals surface area (Å²) >= 11 is 1.67. The van der Waals surface area contributed by atoms with Crippen LogP contribution >= 0.6 is 11.8 Å². The van der Waals surface area contributed by atoms with Gasteiger partial charge in [0.05, 0.1) is 0 Å². The van der Waals surface area contributed by atoms with E-state index >= 15 is 0 Å². The first-order valence-corrected chi connectivity index (χ1v) is 12.1. The molecular weight excluding hydrogens is 392 g/mol. The second kappa shape index (κ2) is 8.94. The second-order valence-electron chi connectivity index (χ2n) is 8.45. The van der Waals surface area contributed by atoms with Gasteiger partial charge in [0, 0.05) is 36.6 Å². The molecule has 4 heterocycles. The molecule has 0 spiro atoms. The van der Waals surface area contributed by atoms with Gasteiger partial charge in [-0.15, -0.1) is 5.10 Å². The van der Waals surface area contributed by atoms with Gasteiger partial charge < -0.3 is 9.80 Å². The number of piperidine rings is 2. The molecule has 2 aromatic heterocycles. The largest absolute Gasteiger partial charge is 0.356 e. The summed E-state index contributed by atoms with van der Waals surface area (Å²) in [6, 6.07) is 13.4. The summed E-state index contributed by atoms with van der Waals surface area (Å²) in [5.41, 5.74) is 2.29. The van der Waals surface area contributed by atoms with Crippen LogP contribution in [0.2, 0.25) is 0 Å². The third-order valence-corrected chi connectivity index (χ3v) is 7.22. The summed E-state index contributed by atoms with van der Waals surface area (Å²) < 4.78 is 1.95. The van der Waals surface area contributed by atoms with Crippen LogP contribution in [0.3, 0.4) is 0 Å². The monoisotopic (exact) mass is 422 g/mol. The Labute approximate surface area is 182 Å². The summed E-state index contributed by atoms with van der Waals surface area (Å²) in [5, 5.41) is 5.60. The molecule has 6 nitrogen and oxygen atoms in total. The molecule has 0 N–H and O–H groups in total. The Balaban J connectivity index is 1.31. The molecule has 2 fully saturated rings. The molecule has 158 valence electrons. The molecule has 2 saturated heterocycles. The van der Waals surface area contributed by atoms with Gasteiger partial charge in [-0.05, 0) is 51.3 Å². The lowest BCUT2D eigenvalue weighted by Gasteiger charge is -2.40. The summed E-state index contributed by atoms with van der Waals surface area (Å²) in [6.45, 7) is 6.77. The number of thioether (sulfide) groups is 1. The van der Waals surface area contributed by atoms with E-state index in [-0.39, 0.29) is 0 Å². The third-order valence-electron chi connectivity index (χ3n) is 6.31. The van der Waals surface area contributed by atoms with Crippen molar-refractivity contribution in [3.8, 4) is 0 Å². The van der Waals surface area contributed by atoms with Gasteiger partial charge in [0.2, 0.25) is 5.16 Å². The molecular formula is C23H30N6S. The van der Waals surface area contributed by atoms with E-state index < -0.39 is 0 Å². The van der Waals surface area contributed by atoms with Crippen LogP contribution in [-0.2, 0) is 5.75 Å². The van der Waals surface area contributed by atoms with Crippen molar-refractivity contribution in [1.29, 1.82) is 0 Å². The molecule has 0 amide bonds. The standard InChI is InChI=1S/C23H30N6S/c1-18-16-21(28-14-10-20(11-15-28)27-12-6-3-7-13-27)29-22(24-18)25-23(26-29)30-17-19-8-4-2-5-9-19/h2,4-5,8-9,16,20H,3,6-7,10-15,17H2,1H3. The lowest BCUT2D eigenvalue weighted by atomic mass is 10.00. The van der Waals surface area contributed by atoms with E-state index in [1.54, 1.807) is 11.8 Å². The van der Waals surface area contributed by atoms with Crippen molar-refractivity contribution in [2.75, 3.05) is 31.1 Å². The quantitative estimate of drug-likeness (QED) is 0.575. The molecule has 5 rings (SSSR count). The normalized spacial score (nSPS) is 18.9. The van der Waals surface area contributed by atoms with Gasteiger partial charge in [-0.1, -0.05) is 48.5 Å². The van der Waals surface area contributed by atoms with E-state index in [4.69, 9.17) is 10.1 Å². The Bertz CT molecular complexity index is 974. The van der Waals surface area contributed by atoms with E-state index in [1.165, 1.54) is 50.8 Å². The fraction of sp³-hybridized carbons (Fsp3) is 0.522. The highest BCUT2D eigenvalue weighted by molar-refractivity contribution is 7.98. The van der Waals surface area contributed by atoms with E-state index in [9.17, 15) is 0 Å². The van der Waals surface area contributed by atoms with Crippen LogP contribution in [0.1, 0.15) is 43.4 Å². The molecule has 0 radical (unpaired) electrons. The summed E-state index contributed by atoms with van der Waals surface area (Å²) in [4.78, 5) is 14.5. The van der Waals surface area contributed by atoms with Crippen molar-refractivity contribution in [1.82, 2.24) is 24.5 Å². The zero-order valence-corrected chi connectivity index (χ0v) is 18.5. The number of likely N-dealkylation sites (tertiary alicyclic amines) is 1. The first kappa shape index (κ1) is 19.8. The lowest BCUT2D eigenvalue weighted by molar-refractivity contribution is 0.141. The summed E-state index contributed by atoms with van der Waals surface area (Å²) in [7, 11) is 0. The van der Waals surface area contributed by atoms with Crippen LogP contribution in [-0.4, -0.2) is 56.7 Å². The van der Waals surface area contributed by atoms with Gasteiger partial charge in [0.1, 0.15) is 5.82 Å². The van der Waals surface area contributed by atoms with Crippen molar-refractivity contribution in [2.24, 2.45) is 0 Å². The average Bonchev–Trinajstić information content (AvgIpc) is 3.21. The Hall–Kier alpha value is -2.12. The van der Waals surface area contributed by atoms with Gasteiger partial charge in [-0.3, -0.25) is 0 Å². The fourth-order valence-electron chi connectivity index (χ4n) is 4.70. The van der Waals surface area contributed by atoms with Crippen molar-refractivity contribution < 1.29 is 0 Å². The Morgan fingerprint density at radius 1 is 0.967 bits per heavy atom. The Kier molecular flexibility index (Phi) is 5.91. The number of aryl methyl sites for hydroxylation is 1. The number of aromatic nitrogens is 4. The minimum absolute atomic E-state index is 0.707. The smallest absolute Gasteiger partial charge is 0.255 e. The van der Waals surface area contributed by atoms with Gasteiger partial charge in [0.15, 0.2) is 0 Å². The first-order valence-electron chi connectivity index (χ1n) is 11.2. The highest BCUT2D eigenvalue weighted by Crippen LogP contribution is 2.27. The highest BCUT2D eigenvalue weighted by Gasteiger charge is 2.27. The number of anilines is 1. The van der Waals surface area contributed by atoms with E-state index in [2.05, 4.69) is 52.0 Å². The number of fused-ring (bicyclic) bond motifs is 1. The zero-order valence-electron chi connectivity index (χ0n) is 17.7. The molecule has 1 aromatic carbocycles. The first-order chi connectivity index (χ1) is 14.8. The van der Waals surface area contributed by atoms with Crippen molar-refractivity contribution in [3.63, 3.8) is 0 Å². The van der Waals surface area contributed by atoms with E-state index in [0.29, 0.717) is 5.78 Å². The Morgan fingerprint density at radius 3 is 2.50 bits per heavy atom. The number of nitrogens with zero attached hydrogens (tertiary/aromatic N) is 6. The van der Waals surface area contributed by atoms with Crippen LogP contribution in [0.25, 0.3) is 5.78 Å². The maximum absolute atomic E-state index is 4.81. The minimum atomic E-state index is 0.707. The van der Waals surface area contributed by atoms with Gasteiger partial charge >= 0.3 is 0 Å². The van der Waals surface area contributed by atoms with Gasteiger partial charge in [-0.2, -0.15) is 9.50 Å². The molecule has 7 heteroatoms. The van der Waals surface area contributed by atoms with Crippen molar-refractivity contribution >= 4 is 23.4 Å². The third kappa shape index (κ3) is 4.32. The van der Waals surface area contributed by atoms with Gasteiger partial charge in [-0.25, -0.2) is 4.98 Å². The maximum Gasteiger partial charge on any atom is 0.255 e. The molecule has 0 bridgehead atoms. The average molecular weight is 423 g/mol. The second-order valence-corrected chi connectivity index (χ2v) is 9.39. The molecule has 0 atom stereocenters. The molecule has 0 saturated carbocycles. The van der Waals surface area contributed by atoms with Crippen LogP contribution in [0, 0.1) is 6.92 Å². The number of benzene rings is 1. The van der Waals surface area contributed by atoms with Crippen molar-refractivity contribution in [2.45, 2.75) is 56.0 Å². The predicted molar refractivity (Wildman–Crippen MR) is 122 cm³/mol. The maximum atomic E-state index is 4.81. The molecule has 0 aliphatic carbocycles. The highest BCUT2D eigenvalue weighted by atomic mass is 32.2. The molecule has 0 unspecified atom stereocenters. The topological polar surface area (TPSA) is 49.6 Å². The summed E-state index contributed by atoms with van der Waals surface area (Å²) in [5.74, 6) is 2.71. The molecule has 30 heavy (non-hydrogen) atoms. The molecule has 3 aromatic rings. The van der Waals surface area contributed by atoms with E-state index in [0.717, 1.165) is 41.6 Å². The lowest BCUT2D eigenvalue weighted by Crippen LogP contribution is -2.47. The number of rotatable bonds is 5. The molecule has 2 aliphatic heterocycles. The van der Waals surface area contributed by atoms with Gasteiger partial charge in [0.25, 0.3) is 5.78 Å². The van der Waals surface area contributed by atoms with Crippen molar-refractivity contribution in [3.05, 3.63) is 47.7 Å². The van der Waals surface area contributed by atoms with Crippen LogP contribution in [0.4, 0.5) is 5.82 Å². The fourth-order valence-corrected chi connectivity index (χ4v) is 5.48. The summed E-state index contributed by atoms with van der Waals surface area (Å²) in [6.07, 6.45) is 6.60. The SMILES string of the molecule is Cc1cc(N2CCC(N3CCCCC3)CC2)n2nc(SCc3ccccc3)nc2n1. The van der Waals surface area contributed by atoms with E-state index in [1.807, 2.05) is 10.6 Å². The number of hydrogen-bond donors (Lipinski definition) is 0. The van der Waals surface area contributed by atoms with Crippen LogP contribution < -0.4 is 4.90 Å². The van der Waals surface area contributed by atoms with Crippen LogP contribution in [0.15, 0.2) is 41.6 Å². The Morgan fingerprint density at radius 2 is 1.73 bits per heavy atom. The van der Waals surface area contributed by atoms with Crippen LogP contribution in [0.5, 0.6) is 0 Å². The number of hydrogen-bond acceptors (Lipinski definition) is 6. The zero-order chi connectivity index (χ0) is 20.3. The minimum Gasteiger partial charge on any atom is -0.356 e. The predicted octanol–water partition coefficient (Wildman–Crippen LogP) is 4.18. The molecule has 2 aliphatic rings.